The SMILES string of the molecule is CCC(C)CCCCCCCCCCCCCCCCC(=O)OC[C@H](COP(=O)(O)OC[C@@H](O)COP(=O)(O)OC[C@@H](COC(=O)CCCCCCCCC(C)CC)OC(=O)CCCCCCCCCCCCCCCCCCCCC(C)C)OC(=O)CCCCCCCCCCCCC(C)CC. The second-order valence-electron chi connectivity index (χ2n) is 31.4. The molecule has 0 aromatic heterocycles. The van der Waals surface area contributed by atoms with Crippen molar-refractivity contribution in [3.05, 3.63) is 0 Å². The number of carbonyl (C=O) groups excluding carboxylic acids is 4. The molecular weight excluding hydrogens is 1340 g/mol. The Labute approximate surface area is 632 Å². The Bertz CT molecular complexity index is 2010. The van der Waals surface area contributed by atoms with Crippen LogP contribution in [0.2, 0.25) is 0 Å². The summed E-state index contributed by atoms with van der Waals surface area (Å²) in [6.07, 6.45) is 61.0. The van der Waals surface area contributed by atoms with Gasteiger partial charge in [-0.3, -0.25) is 37.3 Å². The Morgan fingerprint density at radius 1 is 0.272 bits per heavy atom. The molecule has 0 bridgehead atoms. The van der Waals surface area contributed by atoms with Crippen LogP contribution in [0.5, 0.6) is 0 Å². The molecule has 0 aliphatic heterocycles. The molecule has 3 N–H and O–H groups in total. The van der Waals surface area contributed by atoms with Gasteiger partial charge in [0.15, 0.2) is 12.2 Å². The van der Waals surface area contributed by atoms with Crippen LogP contribution in [0.1, 0.15) is 434 Å². The number of ether oxygens (including phenoxy) is 4. The number of hydrogen-bond acceptors (Lipinski definition) is 15. The first-order valence-corrected chi connectivity index (χ1v) is 46.3. The highest BCUT2D eigenvalue weighted by atomic mass is 31.2. The number of aliphatic hydroxyl groups excluding tert-OH is 1. The molecule has 0 radical (unpaired) electrons. The molecule has 0 heterocycles. The molecule has 612 valence electrons. The van der Waals surface area contributed by atoms with E-state index in [0.717, 1.165) is 120 Å². The normalized spacial score (nSPS) is 14.8. The summed E-state index contributed by atoms with van der Waals surface area (Å²) >= 11 is 0. The second-order valence-corrected chi connectivity index (χ2v) is 34.3. The lowest BCUT2D eigenvalue weighted by Crippen LogP contribution is -2.30. The average Bonchev–Trinajstić information content (AvgIpc) is 0.941. The van der Waals surface area contributed by atoms with Gasteiger partial charge in [-0.15, -0.1) is 0 Å². The minimum atomic E-state index is -4.96. The summed E-state index contributed by atoms with van der Waals surface area (Å²) in [6.45, 7) is 14.3. The monoisotopic (exact) mass is 1510 g/mol. The molecule has 0 rings (SSSR count). The third kappa shape index (κ3) is 74.0. The van der Waals surface area contributed by atoms with Crippen LogP contribution < -0.4 is 0 Å². The van der Waals surface area contributed by atoms with Crippen LogP contribution in [0, 0.1) is 23.7 Å². The second kappa shape index (κ2) is 72.9. The Morgan fingerprint density at radius 2 is 0.466 bits per heavy atom. The van der Waals surface area contributed by atoms with Crippen molar-refractivity contribution in [2.75, 3.05) is 39.6 Å². The van der Waals surface area contributed by atoms with Gasteiger partial charge < -0.3 is 33.8 Å². The van der Waals surface area contributed by atoms with Gasteiger partial charge in [0.25, 0.3) is 0 Å². The van der Waals surface area contributed by atoms with Crippen molar-refractivity contribution >= 4 is 39.5 Å². The molecule has 103 heavy (non-hydrogen) atoms. The Balaban J connectivity index is 5.21. The number of phosphoric acid groups is 2. The Kier molecular flexibility index (Phi) is 71.5. The molecule has 19 heteroatoms. The van der Waals surface area contributed by atoms with Crippen LogP contribution >= 0.6 is 15.6 Å². The molecule has 0 saturated heterocycles. The van der Waals surface area contributed by atoms with E-state index in [4.69, 9.17) is 37.0 Å². The third-order valence-electron chi connectivity index (χ3n) is 20.7. The summed E-state index contributed by atoms with van der Waals surface area (Å²) in [4.78, 5) is 73.1. The number of carbonyl (C=O) groups is 4. The fourth-order valence-corrected chi connectivity index (χ4v) is 14.4. The molecule has 0 aliphatic carbocycles. The number of rotatable bonds is 81. The van der Waals surface area contributed by atoms with Crippen molar-refractivity contribution in [3.8, 4) is 0 Å². The standard InChI is InChI=1S/C84H164O17P2/c1-9-75(6)61-53-45-37-31-25-21-18-19-22-26-33-39-48-56-64-81(86)94-70-79(100-84(89)67-59-51-41-35-29-28-32-38-46-54-62-76(7)10-2)72-98-102(90,91)96-68-78(85)69-97-103(92,93)99-73-80(71-95-82(87)65-57-49-43-42-47-55-63-77(8)11-3)101-83(88)66-58-50-40-34-27-23-17-15-13-12-14-16-20-24-30-36-44-52-60-74(4)5/h74-80,85H,9-73H2,1-8H3,(H,90,91)(H,92,93)/t75?,76?,77?,78-,79-,80-/m1/s1. The van der Waals surface area contributed by atoms with Crippen LogP contribution in [0.4, 0.5) is 0 Å². The predicted molar refractivity (Wildman–Crippen MR) is 423 cm³/mol. The number of phosphoric ester groups is 2. The van der Waals surface area contributed by atoms with Gasteiger partial charge >= 0.3 is 39.5 Å². The first kappa shape index (κ1) is 101. The van der Waals surface area contributed by atoms with Gasteiger partial charge in [-0.25, -0.2) is 9.13 Å². The first-order chi connectivity index (χ1) is 49.7. The zero-order valence-corrected chi connectivity index (χ0v) is 69.7. The molecule has 0 aromatic rings. The van der Waals surface area contributed by atoms with Gasteiger partial charge in [0.1, 0.15) is 19.3 Å². The van der Waals surface area contributed by atoms with Gasteiger partial charge in [-0.05, 0) is 49.4 Å². The molecule has 0 aromatic carbocycles. The van der Waals surface area contributed by atoms with Gasteiger partial charge in [0, 0.05) is 25.7 Å². The summed E-state index contributed by atoms with van der Waals surface area (Å²) in [5.41, 5.74) is 0. The maximum atomic E-state index is 13.1. The van der Waals surface area contributed by atoms with Gasteiger partial charge in [-0.2, -0.15) is 0 Å². The smallest absolute Gasteiger partial charge is 0.462 e. The molecule has 0 saturated carbocycles. The minimum absolute atomic E-state index is 0.106. The lowest BCUT2D eigenvalue weighted by atomic mass is 9.99. The highest BCUT2D eigenvalue weighted by molar-refractivity contribution is 7.47. The minimum Gasteiger partial charge on any atom is -0.462 e. The zero-order chi connectivity index (χ0) is 76.0. The molecule has 5 unspecified atom stereocenters. The van der Waals surface area contributed by atoms with Crippen molar-refractivity contribution in [1.82, 2.24) is 0 Å². The fraction of sp³-hybridized carbons (Fsp3) is 0.952. The van der Waals surface area contributed by atoms with E-state index in [-0.39, 0.29) is 25.7 Å². The van der Waals surface area contributed by atoms with Gasteiger partial charge in [-0.1, -0.05) is 383 Å². The Morgan fingerprint density at radius 3 is 0.689 bits per heavy atom. The first-order valence-electron chi connectivity index (χ1n) is 43.3. The quantitative estimate of drug-likeness (QED) is 0.0222. The van der Waals surface area contributed by atoms with Gasteiger partial charge in [0.05, 0.1) is 26.4 Å². The predicted octanol–water partition coefficient (Wildman–Crippen LogP) is 25.2. The molecule has 17 nitrogen and oxygen atoms in total. The lowest BCUT2D eigenvalue weighted by Gasteiger charge is -2.21. The van der Waals surface area contributed by atoms with E-state index < -0.39 is 97.5 Å². The molecule has 8 atom stereocenters. The fourth-order valence-electron chi connectivity index (χ4n) is 12.9. The molecule has 0 spiro atoms. The summed E-state index contributed by atoms with van der Waals surface area (Å²) in [7, 11) is -9.93. The van der Waals surface area contributed by atoms with Crippen LogP contribution in [-0.4, -0.2) is 96.7 Å². The number of esters is 4. The molecular formula is C84H164O17P2. The van der Waals surface area contributed by atoms with Crippen LogP contribution in [0.25, 0.3) is 0 Å². The van der Waals surface area contributed by atoms with Crippen molar-refractivity contribution in [2.45, 2.75) is 453 Å². The van der Waals surface area contributed by atoms with Gasteiger partial charge in [0.2, 0.25) is 0 Å². The van der Waals surface area contributed by atoms with Crippen LogP contribution in [-0.2, 0) is 65.4 Å². The van der Waals surface area contributed by atoms with E-state index in [2.05, 4.69) is 55.4 Å². The number of hydrogen-bond donors (Lipinski definition) is 3. The highest BCUT2D eigenvalue weighted by Gasteiger charge is 2.30. The lowest BCUT2D eigenvalue weighted by molar-refractivity contribution is -0.161. The number of aliphatic hydroxyl groups is 1. The molecule has 0 aliphatic rings. The van der Waals surface area contributed by atoms with E-state index >= 15 is 0 Å². The zero-order valence-electron chi connectivity index (χ0n) is 68.0. The largest absolute Gasteiger partial charge is 0.472 e. The van der Waals surface area contributed by atoms with Crippen LogP contribution in [0.15, 0.2) is 0 Å². The summed E-state index contributed by atoms with van der Waals surface area (Å²) < 4.78 is 68.8. The van der Waals surface area contributed by atoms with E-state index in [1.807, 2.05) is 0 Å². The van der Waals surface area contributed by atoms with Crippen molar-refractivity contribution < 1.29 is 80.2 Å². The Hall–Kier alpha value is -1.94. The summed E-state index contributed by atoms with van der Waals surface area (Å²) in [5, 5.41) is 10.7. The van der Waals surface area contributed by atoms with E-state index in [9.17, 15) is 43.2 Å². The van der Waals surface area contributed by atoms with Crippen molar-refractivity contribution in [3.63, 3.8) is 0 Å². The average molecular weight is 1510 g/mol. The van der Waals surface area contributed by atoms with E-state index in [0.29, 0.717) is 25.7 Å². The topological polar surface area (TPSA) is 237 Å². The summed E-state index contributed by atoms with van der Waals surface area (Å²) in [5.74, 6) is 1.09. The van der Waals surface area contributed by atoms with E-state index in [1.54, 1.807) is 0 Å². The maximum absolute atomic E-state index is 13.1. The highest BCUT2D eigenvalue weighted by Crippen LogP contribution is 2.45. The van der Waals surface area contributed by atoms with Crippen LogP contribution in [0.3, 0.4) is 0 Å². The van der Waals surface area contributed by atoms with E-state index in [1.165, 1.54) is 231 Å². The molecule has 0 amide bonds. The van der Waals surface area contributed by atoms with Crippen molar-refractivity contribution in [1.29, 1.82) is 0 Å². The van der Waals surface area contributed by atoms with Crippen molar-refractivity contribution in [2.24, 2.45) is 23.7 Å². The number of unbranched alkanes of at least 4 members (excludes halogenated alkanes) is 44. The summed E-state index contributed by atoms with van der Waals surface area (Å²) in [6, 6.07) is 0. The maximum Gasteiger partial charge on any atom is 0.472 e. The third-order valence-corrected chi connectivity index (χ3v) is 22.6. The molecule has 0 fully saturated rings.